The molecular formula is C16H19N3O3S. The number of pyridine rings is 1. The van der Waals surface area contributed by atoms with Crippen molar-refractivity contribution in [3.8, 4) is 0 Å². The summed E-state index contributed by atoms with van der Waals surface area (Å²) in [6.45, 7) is 3.95. The molecule has 0 aliphatic carbocycles. The van der Waals surface area contributed by atoms with Gasteiger partial charge in [-0.1, -0.05) is 23.8 Å². The van der Waals surface area contributed by atoms with Crippen molar-refractivity contribution in [1.82, 2.24) is 15.0 Å². The lowest BCUT2D eigenvalue weighted by molar-refractivity contribution is 0.0949. The third-order valence-corrected chi connectivity index (χ3v) is 4.84. The standard InChI is InChI=1S/C16H19N3O3S/c1-12-6-7-15(13(2)11-12)23(21,22)19-10-9-18-16(20)14-5-3-4-8-17-14/h3-8,11,19H,9-10H2,1-2H3,(H,18,20). The predicted octanol–water partition coefficient (Wildman–Crippen LogP) is 1.41. The van der Waals surface area contributed by atoms with Crippen LogP contribution in [0.2, 0.25) is 0 Å². The van der Waals surface area contributed by atoms with E-state index in [1.165, 1.54) is 6.20 Å². The van der Waals surface area contributed by atoms with Crippen molar-refractivity contribution in [3.63, 3.8) is 0 Å². The Bertz CT molecular complexity index is 789. The zero-order valence-corrected chi connectivity index (χ0v) is 13.9. The van der Waals surface area contributed by atoms with Crippen LogP contribution < -0.4 is 10.0 Å². The fraction of sp³-hybridized carbons (Fsp3) is 0.250. The molecule has 0 saturated carbocycles. The first-order valence-electron chi connectivity index (χ1n) is 7.16. The van der Waals surface area contributed by atoms with E-state index in [-0.39, 0.29) is 23.9 Å². The van der Waals surface area contributed by atoms with Gasteiger partial charge in [0.2, 0.25) is 10.0 Å². The third kappa shape index (κ3) is 4.61. The minimum absolute atomic E-state index is 0.105. The fourth-order valence-corrected chi connectivity index (χ4v) is 3.38. The van der Waals surface area contributed by atoms with Crippen LogP contribution >= 0.6 is 0 Å². The Balaban J connectivity index is 1.89. The second-order valence-electron chi connectivity index (χ2n) is 5.14. The third-order valence-electron chi connectivity index (χ3n) is 3.22. The van der Waals surface area contributed by atoms with E-state index in [4.69, 9.17) is 0 Å². The molecule has 122 valence electrons. The number of sulfonamides is 1. The molecule has 0 bridgehead atoms. The van der Waals surface area contributed by atoms with Gasteiger partial charge in [0.15, 0.2) is 0 Å². The summed E-state index contributed by atoms with van der Waals surface area (Å²) < 4.78 is 27.0. The zero-order valence-electron chi connectivity index (χ0n) is 13.0. The second-order valence-corrected chi connectivity index (χ2v) is 6.87. The first kappa shape index (κ1) is 17.1. The first-order valence-corrected chi connectivity index (χ1v) is 8.64. The van der Waals surface area contributed by atoms with Gasteiger partial charge in [0.05, 0.1) is 4.90 Å². The van der Waals surface area contributed by atoms with E-state index in [1.54, 1.807) is 37.3 Å². The van der Waals surface area contributed by atoms with Crippen LogP contribution in [-0.2, 0) is 10.0 Å². The smallest absolute Gasteiger partial charge is 0.269 e. The highest BCUT2D eigenvalue weighted by Crippen LogP contribution is 2.15. The average molecular weight is 333 g/mol. The number of amides is 1. The lowest BCUT2D eigenvalue weighted by Gasteiger charge is -2.10. The predicted molar refractivity (Wildman–Crippen MR) is 87.7 cm³/mol. The molecule has 2 rings (SSSR count). The molecule has 0 atom stereocenters. The summed E-state index contributed by atoms with van der Waals surface area (Å²) >= 11 is 0. The number of hydrogen-bond acceptors (Lipinski definition) is 4. The minimum Gasteiger partial charge on any atom is -0.349 e. The molecule has 1 amide bonds. The summed E-state index contributed by atoms with van der Waals surface area (Å²) in [5.41, 5.74) is 1.99. The Hall–Kier alpha value is -2.25. The lowest BCUT2D eigenvalue weighted by atomic mass is 10.2. The average Bonchev–Trinajstić information content (AvgIpc) is 2.52. The van der Waals surface area contributed by atoms with Crippen molar-refractivity contribution < 1.29 is 13.2 Å². The summed E-state index contributed by atoms with van der Waals surface area (Å²) in [5.74, 6) is -0.337. The van der Waals surface area contributed by atoms with Crippen molar-refractivity contribution in [1.29, 1.82) is 0 Å². The summed E-state index contributed by atoms with van der Waals surface area (Å²) in [6, 6.07) is 10.2. The molecule has 1 heterocycles. The van der Waals surface area contributed by atoms with Gasteiger partial charge in [-0.05, 0) is 37.6 Å². The van der Waals surface area contributed by atoms with Crippen molar-refractivity contribution in [2.75, 3.05) is 13.1 Å². The quantitative estimate of drug-likeness (QED) is 0.782. The van der Waals surface area contributed by atoms with E-state index in [0.717, 1.165) is 5.56 Å². The number of hydrogen-bond donors (Lipinski definition) is 2. The van der Waals surface area contributed by atoms with Crippen LogP contribution in [0.25, 0.3) is 0 Å². The molecule has 0 unspecified atom stereocenters. The van der Waals surface area contributed by atoms with E-state index < -0.39 is 10.0 Å². The molecule has 0 fully saturated rings. The molecule has 6 nitrogen and oxygen atoms in total. The van der Waals surface area contributed by atoms with Crippen LogP contribution in [0.5, 0.6) is 0 Å². The summed E-state index contributed by atoms with van der Waals surface area (Å²) in [4.78, 5) is 16.0. The van der Waals surface area contributed by atoms with Gasteiger partial charge in [0, 0.05) is 19.3 Å². The van der Waals surface area contributed by atoms with Crippen molar-refractivity contribution in [2.45, 2.75) is 18.7 Å². The number of nitrogens with zero attached hydrogens (tertiary/aromatic N) is 1. The maximum Gasteiger partial charge on any atom is 0.269 e. The lowest BCUT2D eigenvalue weighted by Crippen LogP contribution is -2.35. The first-order chi connectivity index (χ1) is 10.9. The Morgan fingerprint density at radius 2 is 1.91 bits per heavy atom. The number of nitrogens with one attached hydrogen (secondary N) is 2. The Morgan fingerprint density at radius 3 is 2.57 bits per heavy atom. The molecular weight excluding hydrogens is 314 g/mol. The van der Waals surface area contributed by atoms with E-state index in [0.29, 0.717) is 11.3 Å². The molecule has 0 aliphatic rings. The van der Waals surface area contributed by atoms with Gasteiger partial charge in [-0.2, -0.15) is 0 Å². The van der Waals surface area contributed by atoms with Crippen LogP contribution in [0.4, 0.5) is 0 Å². The summed E-state index contributed by atoms with van der Waals surface area (Å²) in [6.07, 6.45) is 1.53. The van der Waals surface area contributed by atoms with Crippen LogP contribution in [0.15, 0.2) is 47.5 Å². The molecule has 1 aromatic heterocycles. The van der Waals surface area contributed by atoms with Crippen molar-refractivity contribution in [2.24, 2.45) is 0 Å². The fourth-order valence-electron chi connectivity index (χ4n) is 2.13. The molecule has 7 heteroatoms. The highest BCUT2D eigenvalue weighted by Gasteiger charge is 2.16. The van der Waals surface area contributed by atoms with Gasteiger partial charge in [-0.3, -0.25) is 9.78 Å². The van der Waals surface area contributed by atoms with Gasteiger partial charge >= 0.3 is 0 Å². The van der Waals surface area contributed by atoms with Crippen molar-refractivity contribution in [3.05, 3.63) is 59.4 Å². The second kappa shape index (κ2) is 7.34. The van der Waals surface area contributed by atoms with Crippen LogP contribution in [0.3, 0.4) is 0 Å². The molecule has 1 aromatic carbocycles. The topological polar surface area (TPSA) is 88.2 Å². The molecule has 23 heavy (non-hydrogen) atoms. The summed E-state index contributed by atoms with van der Waals surface area (Å²) in [5, 5.41) is 2.62. The van der Waals surface area contributed by atoms with Crippen molar-refractivity contribution >= 4 is 15.9 Å². The van der Waals surface area contributed by atoms with E-state index in [2.05, 4.69) is 15.0 Å². The minimum atomic E-state index is -3.59. The van der Waals surface area contributed by atoms with Gasteiger partial charge in [-0.15, -0.1) is 0 Å². The van der Waals surface area contributed by atoms with E-state index >= 15 is 0 Å². The molecule has 0 aliphatic heterocycles. The summed E-state index contributed by atoms with van der Waals surface area (Å²) in [7, 11) is -3.59. The number of aryl methyl sites for hydroxylation is 2. The monoisotopic (exact) mass is 333 g/mol. The molecule has 2 aromatic rings. The number of carbonyl (C=O) groups is 1. The van der Waals surface area contributed by atoms with Gasteiger partial charge < -0.3 is 5.32 Å². The molecule has 0 spiro atoms. The highest BCUT2D eigenvalue weighted by molar-refractivity contribution is 7.89. The molecule has 0 radical (unpaired) electrons. The van der Waals surface area contributed by atoms with E-state index in [1.807, 2.05) is 13.0 Å². The largest absolute Gasteiger partial charge is 0.349 e. The Labute approximate surface area is 136 Å². The van der Waals surface area contributed by atoms with Gasteiger partial charge in [0.1, 0.15) is 5.69 Å². The number of carbonyl (C=O) groups excluding carboxylic acids is 1. The van der Waals surface area contributed by atoms with E-state index in [9.17, 15) is 13.2 Å². The number of benzene rings is 1. The molecule has 0 saturated heterocycles. The molecule has 2 N–H and O–H groups in total. The normalized spacial score (nSPS) is 11.2. The number of aromatic nitrogens is 1. The van der Waals surface area contributed by atoms with Gasteiger partial charge in [-0.25, -0.2) is 13.1 Å². The van der Waals surface area contributed by atoms with Crippen LogP contribution in [0.1, 0.15) is 21.6 Å². The highest BCUT2D eigenvalue weighted by atomic mass is 32.2. The maximum atomic E-state index is 12.2. The SMILES string of the molecule is Cc1ccc(S(=O)(=O)NCCNC(=O)c2ccccn2)c(C)c1. The zero-order chi connectivity index (χ0) is 16.9. The van der Waals surface area contributed by atoms with Gasteiger partial charge in [0.25, 0.3) is 5.91 Å². The Kier molecular flexibility index (Phi) is 5.46. The number of rotatable bonds is 6. The van der Waals surface area contributed by atoms with Crippen LogP contribution in [-0.4, -0.2) is 32.4 Å². The maximum absolute atomic E-state index is 12.2. The Morgan fingerprint density at radius 1 is 1.13 bits per heavy atom. The van der Waals surface area contributed by atoms with Crippen LogP contribution in [0, 0.1) is 13.8 Å².